The fourth-order valence-corrected chi connectivity index (χ4v) is 3.84. The zero-order valence-corrected chi connectivity index (χ0v) is 18.2. The maximum absolute atomic E-state index is 5.51. The zero-order valence-electron chi connectivity index (χ0n) is 17.3. The molecule has 0 aromatic rings. The van der Waals surface area contributed by atoms with Crippen molar-refractivity contribution in [3.05, 3.63) is 0 Å². The fraction of sp³-hybridized carbons (Fsp3) is 1.00. The lowest BCUT2D eigenvalue weighted by atomic mass is 10.0. The van der Waals surface area contributed by atoms with Gasteiger partial charge in [0.25, 0.3) is 0 Å². The second-order valence-corrected chi connectivity index (χ2v) is 8.38. The third-order valence-corrected chi connectivity index (χ3v) is 5.68. The van der Waals surface area contributed by atoms with Gasteiger partial charge in [-0.1, -0.05) is 122 Å². The Morgan fingerprint density at radius 1 is 0.320 bits per heavy atom. The van der Waals surface area contributed by atoms with E-state index in [1.54, 1.807) is 0 Å². The average molecular weight is 372 g/mol. The van der Waals surface area contributed by atoms with Crippen LogP contribution in [0, 0.1) is 0 Å². The van der Waals surface area contributed by atoms with Gasteiger partial charge in [0.15, 0.2) is 0 Å². The minimum Gasteiger partial charge on any atom is -0.330 e. The molecule has 0 rings (SSSR count). The molecule has 0 unspecified atom stereocenters. The molecule has 0 heterocycles. The maximum atomic E-state index is 5.51. The van der Waals surface area contributed by atoms with Gasteiger partial charge in [0.1, 0.15) is 0 Å². The molecule has 0 fully saturated rings. The minimum atomic E-state index is 0.872. The molecule has 0 bridgehead atoms. The summed E-state index contributed by atoms with van der Waals surface area (Å²) in [6.45, 7) is 0.872. The third-order valence-electron chi connectivity index (χ3n) is 5.36. The summed E-state index contributed by atoms with van der Waals surface area (Å²) in [5.74, 6) is 1.07. The first-order valence-corrected chi connectivity index (χ1v) is 12.4. The smallest absolute Gasteiger partial charge is 0.00773 e. The molecule has 0 atom stereocenters. The summed E-state index contributed by atoms with van der Waals surface area (Å²) >= 11 is 4.26. The largest absolute Gasteiger partial charge is 0.330 e. The van der Waals surface area contributed by atoms with Crippen molar-refractivity contribution in [3.63, 3.8) is 0 Å². The van der Waals surface area contributed by atoms with Crippen molar-refractivity contribution in [2.45, 2.75) is 135 Å². The summed E-state index contributed by atoms with van der Waals surface area (Å²) in [4.78, 5) is 0. The molecule has 0 aliphatic heterocycles. The van der Waals surface area contributed by atoms with Gasteiger partial charge < -0.3 is 5.73 Å². The van der Waals surface area contributed by atoms with Gasteiger partial charge in [0.2, 0.25) is 0 Å². The lowest BCUT2D eigenvalue weighted by molar-refractivity contribution is 0.521. The van der Waals surface area contributed by atoms with Gasteiger partial charge in [-0.05, 0) is 25.1 Å². The molecular weight excluding hydrogens is 322 g/mol. The summed E-state index contributed by atoms with van der Waals surface area (Å²) in [5, 5.41) is 0. The molecule has 0 aromatic heterocycles. The van der Waals surface area contributed by atoms with Crippen LogP contribution in [0.4, 0.5) is 0 Å². The van der Waals surface area contributed by atoms with Crippen LogP contribution in [0.1, 0.15) is 135 Å². The highest BCUT2D eigenvalue weighted by atomic mass is 32.1. The summed E-state index contributed by atoms with van der Waals surface area (Å²) in [7, 11) is 0. The SMILES string of the molecule is NCCCCCCCCCCCCCCCCCCCCCCCS. The van der Waals surface area contributed by atoms with Crippen LogP contribution < -0.4 is 5.73 Å². The second-order valence-electron chi connectivity index (χ2n) is 7.94. The topological polar surface area (TPSA) is 26.0 Å². The predicted molar refractivity (Wildman–Crippen MR) is 120 cm³/mol. The van der Waals surface area contributed by atoms with E-state index in [9.17, 15) is 0 Å². The zero-order chi connectivity index (χ0) is 18.3. The van der Waals surface area contributed by atoms with Crippen molar-refractivity contribution in [1.29, 1.82) is 0 Å². The van der Waals surface area contributed by atoms with Gasteiger partial charge in [-0.25, -0.2) is 0 Å². The molecule has 25 heavy (non-hydrogen) atoms. The van der Waals surface area contributed by atoms with E-state index in [1.165, 1.54) is 135 Å². The molecule has 2 N–H and O–H groups in total. The van der Waals surface area contributed by atoms with E-state index >= 15 is 0 Å². The van der Waals surface area contributed by atoms with Crippen molar-refractivity contribution in [2.75, 3.05) is 12.3 Å². The first kappa shape index (κ1) is 25.3. The fourth-order valence-electron chi connectivity index (χ4n) is 3.61. The average Bonchev–Trinajstić information content (AvgIpc) is 2.63. The van der Waals surface area contributed by atoms with E-state index in [4.69, 9.17) is 5.73 Å². The number of unbranched alkanes of at least 4 members (excludes halogenated alkanes) is 20. The Kier molecular flexibility index (Phi) is 24.6. The third kappa shape index (κ3) is 24.3. The molecule has 0 amide bonds. The van der Waals surface area contributed by atoms with Crippen LogP contribution in [0.2, 0.25) is 0 Å². The van der Waals surface area contributed by atoms with Crippen molar-refractivity contribution in [1.82, 2.24) is 0 Å². The Bertz CT molecular complexity index is 198. The Hall–Kier alpha value is 0.310. The number of nitrogens with two attached hydrogens (primary N) is 1. The number of rotatable bonds is 22. The monoisotopic (exact) mass is 371 g/mol. The minimum absolute atomic E-state index is 0.872. The van der Waals surface area contributed by atoms with Crippen molar-refractivity contribution >= 4 is 12.6 Å². The van der Waals surface area contributed by atoms with Gasteiger partial charge in [-0.2, -0.15) is 12.6 Å². The summed E-state index contributed by atoms with van der Waals surface area (Å²) < 4.78 is 0. The van der Waals surface area contributed by atoms with Gasteiger partial charge in [0, 0.05) is 0 Å². The van der Waals surface area contributed by atoms with Crippen LogP contribution in [-0.4, -0.2) is 12.3 Å². The highest BCUT2D eigenvalue weighted by Crippen LogP contribution is 2.15. The molecule has 0 aliphatic carbocycles. The van der Waals surface area contributed by atoms with E-state index in [2.05, 4.69) is 12.6 Å². The Labute approximate surface area is 165 Å². The molecule has 0 radical (unpaired) electrons. The first-order chi connectivity index (χ1) is 12.4. The highest BCUT2D eigenvalue weighted by Gasteiger charge is 1.95. The van der Waals surface area contributed by atoms with Crippen LogP contribution in [0.3, 0.4) is 0 Å². The van der Waals surface area contributed by atoms with E-state index in [0.717, 1.165) is 12.3 Å². The van der Waals surface area contributed by atoms with E-state index in [0.29, 0.717) is 0 Å². The molecule has 2 heteroatoms. The van der Waals surface area contributed by atoms with Crippen molar-refractivity contribution in [3.8, 4) is 0 Å². The van der Waals surface area contributed by atoms with Gasteiger partial charge in [-0.15, -0.1) is 0 Å². The second kappa shape index (κ2) is 24.3. The van der Waals surface area contributed by atoms with E-state index in [1.807, 2.05) is 0 Å². The molecular formula is C23H49NS. The van der Waals surface area contributed by atoms with Crippen molar-refractivity contribution in [2.24, 2.45) is 5.73 Å². The van der Waals surface area contributed by atoms with Gasteiger partial charge in [0.05, 0.1) is 0 Å². The van der Waals surface area contributed by atoms with Crippen LogP contribution >= 0.6 is 12.6 Å². The Balaban J connectivity index is 2.94. The maximum Gasteiger partial charge on any atom is -0.00773 e. The van der Waals surface area contributed by atoms with Gasteiger partial charge >= 0.3 is 0 Å². The molecule has 0 spiro atoms. The molecule has 0 aliphatic rings. The predicted octanol–water partition coefficient (Wildman–Crippen LogP) is 8.07. The van der Waals surface area contributed by atoms with E-state index in [-0.39, 0.29) is 0 Å². The quantitative estimate of drug-likeness (QED) is 0.146. The van der Waals surface area contributed by atoms with Crippen LogP contribution in [0.15, 0.2) is 0 Å². The first-order valence-electron chi connectivity index (χ1n) is 11.7. The Morgan fingerprint density at radius 2 is 0.520 bits per heavy atom. The van der Waals surface area contributed by atoms with Crippen molar-refractivity contribution < 1.29 is 0 Å². The highest BCUT2D eigenvalue weighted by molar-refractivity contribution is 7.80. The summed E-state index contributed by atoms with van der Waals surface area (Å²) in [6.07, 6.45) is 30.0. The summed E-state index contributed by atoms with van der Waals surface area (Å²) in [5.41, 5.74) is 5.51. The molecule has 152 valence electrons. The molecule has 1 nitrogen and oxygen atoms in total. The standard InChI is InChI=1S/C23H49NS/c24-22-20-18-16-14-12-10-8-6-4-2-1-3-5-7-9-11-13-15-17-19-21-23-25/h25H,1-24H2. The van der Waals surface area contributed by atoms with Crippen LogP contribution in [0.25, 0.3) is 0 Å². The lowest BCUT2D eigenvalue weighted by Crippen LogP contribution is -1.97. The van der Waals surface area contributed by atoms with Crippen LogP contribution in [-0.2, 0) is 0 Å². The molecule has 0 saturated carbocycles. The van der Waals surface area contributed by atoms with Crippen LogP contribution in [0.5, 0.6) is 0 Å². The number of hydrogen-bond acceptors (Lipinski definition) is 2. The normalized spacial score (nSPS) is 11.3. The Morgan fingerprint density at radius 3 is 0.720 bits per heavy atom. The van der Waals surface area contributed by atoms with Gasteiger partial charge in [-0.3, -0.25) is 0 Å². The number of thiol groups is 1. The van der Waals surface area contributed by atoms with E-state index < -0.39 is 0 Å². The molecule has 0 aromatic carbocycles. The summed E-state index contributed by atoms with van der Waals surface area (Å²) in [6, 6.07) is 0. The molecule has 0 saturated heterocycles. The number of hydrogen-bond donors (Lipinski definition) is 2. The lowest BCUT2D eigenvalue weighted by Gasteiger charge is -2.04.